The summed E-state index contributed by atoms with van der Waals surface area (Å²) in [4.78, 5) is 23.9. The minimum atomic E-state index is -0.218. The van der Waals surface area contributed by atoms with Crippen LogP contribution in [0, 0.1) is 12.8 Å². The van der Waals surface area contributed by atoms with Crippen molar-refractivity contribution >= 4 is 29.1 Å². The number of likely N-dealkylation sites (tertiary alicyclic amines) is 1. The molecule has 1 N–H and O–H groups in total. The average Bonchev–Trinajstić information content (AvgIpc) is 3.29. The van der Waals surface area contributed by atoms with Gasteiger partial charge >= 0.3 is 0 Å². The fourth-order valence-electron chi connectivity index (χ4n) is 4.31. The monoisotopic (exact) mass is 404 g/mol. The zero-order valence-corrected chi connectivity index (χ0v) is 16.7. The second-order valence-electron chi connectivity index (χ2n) is 7.42. The summed E-state index contributed by atoms with van der Waals surface area (Å²) in [6.07, 6.45) is 7.52. The molecule has 4 rings (SSSR count). The first-order valence-electron chi connectivity index (χ1n) is 9.29. The van der Waals surface area contributed by atoms with Crippen molar-refractivity contribution in [2.45, 2.75) is 38.3 Å². The van der Waals surface area contributed by atoms with E-state index in [1.807, 2.05) is 19.3 Å². The second kappa shape index (κ2) is 7.74. The molecule has 1 aliphatic heterocycles. The first-order chi connectivity index (χ1) is 13.0. The van der Waals surface area contributed by atoms with Gasteiger partial charge in [-0.2, -0.15) is 0 Å². The quantitative estimate of drug-likeness (QED) is 0.816. The molecule has 1 amide bonds. The maximum Gasteiger partial charge on any atom is 0.252 e. The normalized spacial score (nSPS) is 22.8. The number of carbonyl (C=O) groups excluding carboxylic acids is 1. The summed E-state index contributed by atoms with van der Waals surface area (Å²) in [5.74, 6) is 1.29. The second-order valence-corrected chi connectivity index (χ2v) is 8.21. The Morgan fingerprint density at radius 2 is 2.07 bits per heavy atom. The molecule has 3 unspecified atom stereocenters. The van der Waals surface area contributed by atoms with E-state index >= 15 is 0 Å². The third-order valence-corrected chi connectivity index (χ3v) is 6.51. The van der Waals surface area contributed by atoms with Crippen LogP contribution in [0.3, 0.4) is 0 Å². The highest BCUT2D eigenvalue weighted by atomic mass is 35.5. The van der Waals surface area contributed by atoms with Crippen molar-refractivity contribution in [2.24, 2.45) is 5.92 Å². The zero-order valence-electron chi connectivity index (χ0n) is 15.2. The average molecular weight is 405 g/mol. The van der Waals surface area contributed by atoms with Crippen LogP contribution in [0.2, 0.25) is 10.0 Å². The summed E-state index contributed by atoms with van der Waals surface area (Å²) in [6.45, 7) is 3.42. The van der Waals surface area contributed by atoms with E-state index in [1.54, 1.807) is 18.2 Å². The van der Waals surface area contributed by atoms with Gasteiger partial charge in [0.25, 0.3) is 5.91 Å². The van der Waals surface area contributed by atoms with Gasteiger partial charge in [-0.05, 0) is 44.2 Å². The molecule has 27 heavy (non-hydrogen) atoms. The Labute approximate surface area is 169 Å². The van der Waals surface area contributed by atoms with Crippen molar-refractivity contribution in [1.82, 2.24) is 20.2 Å². The molecular formula is C20H22Cl2N4O. The minimum Gasteiger partial charge on any atom is -0.350 e. The Morgan fingerprint density at radius 1 is 1.30 bits per heavy atom. The van der Waals surface area contributed by atoms with E-state index in [0.717, 1.165) is 23.9 Å². The van der Waals surface area contributed by atoms with Crippen LogP contribution >= 0.6 is 23.2 Å². The lowest BCUT2D eigenvalue weighted by Gasteiger charge is -2.35. The molecule has 1 saturated carbocycles. The topological polar surface area (TPSA) is 58.1 Å². The molecule has 142 valence electrons. The van der Waals surface area contributed by atoms with Gasteiger partial charge in [-0.25, -0.2) is 9.97 Å². The van der Waals surface area contributed by atoms with Gasteiger partial charge in [0.05, 0.1) is 21.7 Å². The standard InChI is InChI=1S/C20H22Cl2N4O/c1-12-23-8-14(9-24-12)18(26-11-13-5-6-15(26)7-13)10-25-20(27)16-3-2-4-17(21)19(16)22/h2-4,8-9,13,15,18H,5-7,10-11H2,1H3,(H,25,27). The van der Waals surface area contributed by atoms with Crippen molar-refractivity contribution in [2.75, 3.05) is 13.1 Å². The number of halogens is 2. The van der Waals surface area contributed by atoms with Crippen molar-refractivity contribution in [3.63, 3.8) is 0 Å². The predicted molar refractivity (Wildman–Crippen MR) is 106 cm³/mol. The van der Waals surface area contributed by atoms with E-state index in [-0.39, 0.29) is 17.0 Å². The maximum absolute atomic E-state index is 12.7. The number of fused-ring (bicyclic) bond motifs is 2. The predicted octanol–water partition coefficient (Wildman–Crippen LogP) is 4.05. The zero-order chi connectivity index (χ0) is 19.0. The Bertz CT molecular complexity index is 842. The minimum absolute atomic E-state index is 0.0582. The molecule has 1 aromatic heterocycles. The van der Waals surface area contributed by atoms with Crippen LogP contribution in [-0.4, -0.2) is 39.9 Å². The lowest BCUT2D eigenvalue weighted by atomic mass is 10.0. The third-order valence-electron chi connectivity index (χ3n) is 5.69. The number of amides is 1. The first-order valence-corrected chi connectivity index (χ1v) is 10.0. The highest BCUT2D eigenvalue weighted by molar-refractivity contribution is 6.43. The fourth-order valence-corrected chi connectivity index (χ4v) is 4.70. The summed E-state index contributed by atoms with van der Waals surface area (Å²) < 4.78 is 0. The van der Waals surface area contributed by atoms with E-state index in [0.29, 0.717) is 23.2 Å². The molecule has 2 aromatic rings. The van der Waals surface area contributed by atoms with Crippen molar-refractivity contribution in [3.8, 4) is 0 Å². The number of piperidine rings is 1. The van der Waals surface area contributed by atoms with Crippen molar-refractivity contribution in [1.29, 1.82) is 0 Å². The van der Waals surface area contributed by atoms with E-state index in [1.165, 1.54) is 19.3 Å². The van der Waals surface area contributed by atoms with E-state index in [4.69, 9.17) is 23.2 Å². The van der Waals surface area contributed by atoms with E-state index in [2.05, 4.69) is 20.2 Å². The van der Waals surface area contributed by atoms with Crippen molar-refractivity contribution < 1.29 is 4.79 Å². The fraction of sp³-hybridized carbons (Fsp3) is 0.450. The van der Waals surface area contributed by atoms with Crippen LogP contribution in [0.1, 0.15) is 47.1 Å². The number of carbonyl (C=O) groups is 1. The molecule has 0 spiro atoms. The number of nitrogens with zero attached hydrogens (tertiary/aromatic N) is 3. The Hall–Kier alpha value is -1.69. The lowest BCUT2D eigenvalue weighted by molar-refractivity contribution is 0.0917. The number of hydrogen-bond acceptors (Lipinski definition) is 4. The third kappa shape index (κ3) is 3.82. The summed E-state index contributed by atoms with van der Waals surface area (Å²) in [7, 11) is 0. The number of nitrogens with one attached hydrogen (secondary N) is 1. The molecule has 3 atom stereocenters. The van der Waals surface area contributed by atoms with Crippen LogP contribution in [0.25, 0.3) is 0 Å². The van der Waals surface area contributed by atoms with Gasteiger partial charge in [-0.1, -0.05) is 29.3 Å². The SMILES string of the molecule is Cc1ncc(C(CNC(=O)c2cccc(Cl)c2Cl)N2CC3CCC2C3)cn1. The van der Waals surface area contributed by atoms with Gasteiger partial charge in [-0.3, -0.25) is 9.69 Å². The molecule has 1 aromatic carbocycles. The van der Waals surface area contributed by atoms with Gasteiger partial charge < -0.3 is 5.32 Å². The van der Waals surface area contributed by atoms with Crippen LogP contribution in [0.5, 0.6) is 0 Å². The van der Waals surface area contributed by atoms with Gasteiger partial charge in [-0.15, -0.1) is 0 Å². The van der Waals surface area contributed by atoms with Crippen LogP contribution in [0.15, 0.2) is 30.6 Å². The Morgan fingerprint density at radius 3 is 2.74 bits per heavy atom. The van der Waals surface area contributed by atoms with Gasteiger partial charge in [0.1, 0.15) is 5.82 Å². The number of aryl methyl sites for hydroxylation is 1. The number of benzene rings is 1. The number of rotatable bonds is 5. The molecule has 2 heterocycles. The summed E-state index contributed by atoms with van der Waals surface area (Å²) >= 11 is 12.2. The Kier molecular flexibility index (Phi) is 5.35. The Balaban J connectivity index is 1.53. The van der Waals surface area contributed by atoms with E-state index in [9.17, 15) is 4.79 Å². The van der Waals surface area contributed by atoms with Crippen LogP contribution in [-0.2, 0) is 0 Å². The van der Waals surface area contributed by atoms with Gasteiger partial charge in [0.15, 0.2) is 0 Å². The van der Waals surface area contributed by atoms with Gasteiger partial charge in [0.2, 0.25) is 0 Å². The molecule has 2 aliphatic rings. The molecular weight excluding hydrogens is 383 g/mol. The molecule has 2 bridgehead atoms. The molecule has 1 aliphatic carbocycles. The van der Waals surface area contributed by atoms with E-state index < -0.39 is 0 Å². The smallest absolute Gasteiger partial charge is 0.252 e. The molecule has 0 radical (unpaired) electrons. The van der Waals surface area contributed by atoms with Crippen molar-refractivity contribution in [3.05, 3.63) is 57.6 Å². The molecule has 7 heteroatoms. The summed E-state index contributed by atoms with van der Waals surface area (Å²) in [6, 6.07) is 5.73. The molecule has 1 saturated heterocycles. The highest BCUT2D eigenvalue weighted by Crippen LogP contribution is 2.41. The number of hydrogen-bond donors (Lipinski definition) is 1. The maximum atomic E-state index is 12.7. The number of aromatic nitrogens is 2. The van der Waals surface area contributed by atoms with Crippen LogP contribution < -0.4 is 5.32 Å². The van der Waals surface area contributed by atoms with Gasteiger partial charge in [0, 0.05) is 37.1 Å². The summed E-state index contributed by atoms with van der Waals surface area (Å²) in [5, 5.41) is 3.70. The van der Waals surface area contributed by atoms with Crippen LogP contribution in [0.4, 0.5) is 0 Å². The first kappa shape index (κ1) is 18.7. The molecule has 2 fully saturated rings. The highest BCUT2D eigenvalue weighted by Gasteiger charge is 2.41. The summed E-state index contributed by atoms with van der Waals surface area (Å²) in [5.41, 5.74) is 1.43. The largest absolute Gasteiger partial charge is 0.350 e. The lowest BCUT2D eigenvalue weighted by Crippen LogP contribution is -2.42. The molecule has 5 nitrogen and oxygen atoms in total.